The fourth-order valence-electron chi connectivity index (χ4n) is 3.73. The van der Waals surface area contributed by atoms with Gasteiger partial charge in [0.15, 0.2) is 11.5 Å². The van der Waals surface area contributed by atoms with Crippen LogP contribution in [0, 0.1) is 0 Å². The first kappa shape index (κ1) is 23.8. The van der Waals surface area contributed by atoms with Crippen LogP contribution in [0.3, 0.4) is 0 Å². The summed E-state index contributed by atoms with van der Waals surface area (Å²) >= 11 is 0. The van der Waals surface area contributed by atoms with E-state index in [0.717, 1.165) is 22.4 Å². The third-order valence-corrected chi connectivity index (χ3v) is 5.62. The molecule has 0 saturated carbocycles. The number of hydrogen-bond acceptors (Lipinski definition) is 7. The maximum atomic E-state index is 12.4. The van der Waals surface area contributed by atoms with Crippen molar-refractivity contribution in [1.29, 1.82) is 0 Å². The van der Waals surface area contributed by atoms with Gasteiger partial charge in [-0.1, -0.05) is 48.5 Å². The normalized spacial score (nSPS) is 12.0. The fraction of sp³-hybridized carbons (Fsp3) is 0.192. The molecule has 1 aliphatic heterocycles. The molecule has 11 heteroatoms. The Bertz CT molecular complexity index is 1370. The van der Waals surface area contributed by atoms with Gasteiger partial charge in [0.25, 0.3) is 5.91 Å². The number of hydrazine groups is 1. The van der Waals surface area contributed by atoms with Crippen molar-refractivity contribution < 1.29 is 19.1 Å². The number of ether oxygens (including phenoxy) is 2. The van der Waals surface area contributed by atoms with Gasteiger partial charge in [-0.2, -0.15) is 4.80 Å². The van der Waals surface area contributed by atoms with Gasteiger partial charge >= 0.3 is 6.03 Å². The van der Waals surface area contributed by atoms with Crippen LogP contribution in [0.4, 0.5) is 4.79 Å². The smallest absolute Gasteiger partial charge is 0.333 e. The third-order valence-electron chi connectivity index (χ3n) is 5.62. The molecule has 3 N–H and O–H groups in total. The zero-order chi connectivity index (χ0) is 25.5. The first-order chi connectivity index (χ1) is 18.1. The summed E-state index contributed by atoms with van der Waals surface area (Å²) < 4.78 is 11.1. The Balaban J connectivity index is 1.05. The van der Waals surface area contributed by atoms with Crippen LogP contribution in [0.5, 0.6) is 11.5 Å². The van der Waals surface area contributed by atoms with Crippen LogP contribution in [0.25, 0.3) is 11.4 Å². The molecule has 0 spiro atoms. The molecule has 37 heavy (non-hydrogen) atoms. The Morgan fingerprint density at radius 3 is 2.43 bits per heavy atom. The lowest BCUT2D eigenvalue weighted by Gasteiger charge is -2.18. The average molecular weight is 500 g/mol. The zero-order valence-corrected chi connectivity index (χ0v) is 19.9. The van der Waals surface area contributed by atoms with E-state index in [4.69, 9.17) is 9.47 Å². The maximum absolute atomic E-state index is 12.4. The standard InChI is InChI=1S/C26H25N7O4/c34-25(29-30-26(35)27-13-12-18-8-11-22-23(16-18)37-15-14-36-22)21-9-6-19(7-10-21)17-33-31-24(28-32-33)20-4-2-1-3-5-20/h1-11,16H,12-15,17H2,(H,29,34)(H2,27,30,35). The Morgan fingerprint density at radius 1 is 0.865 bits per heavy atom. The largest absolute Gasteiger partial charge is 0.486 e. The summed E-state index contributed by atoms with van der Waals surface area (Å²) in [4.78, 5) is 25.9. The van der Waals surface area contributed by atoms with Gasteiger partial charge in [-0.05, 0) is 47.0 Å². The van der Waals surface area contributed by atoms with E-state index in [-0.39, 0.29) is 0 Å². The summed E-state index contributed by atoms with van der Waals surface area (Å²) in [7, 11) is 0. The molecule has 188 valence electrons. The second-order valence-corrected chi connectivity index (χ2v) is 8.27. The van der Waals surface area contributed by atoms with E-state index < -0.39 is 11.9 Å². The van der Waals surface area contributed by atoms with Crippen LogP contribution in [-0.2, 0) is 13.0 Å². The SMILES string of the molecule is O=C(NCCc1ccc2c(c1)OCCO2)NNC(=O)c1ccc(Cn2nnc(-c3ccccc3)n2)cc1. The Morgan fingerprint density at radius 2 is 1.62 bits per heavy atom. The molecule has 1 aromatic heterocycles. The minimum atomic E-state index is -0.506. The molecule has 0 radical (unpaired) electrons. The van der Waals surface area contributed by atoms with Gasteiger partial charge in [0.1, 0.15) is 13.2 Å². The van der Waals surface area contributed by atoms with Gasteiger partial charge in [-0.3, -0.25) is 10.2 Å². The van der Waals surface area contributed by atoms with Gasteiger partial charge in [0, 0.05) is 17.7 Å². The molecule has 0 aliphatic carbocycles. The Labute approximate surface area is 212 Å². The van der Waals surface area contributed by atoms with E-state index in [1.165, 1.54) is 4.80 Å². The lowest BCUT2D eigenvalue weighted by Crippen LogP contribution is -2.47. The van der Waals surface area contributed by atoms with E-state index in [1.807, 2.05) is 48.5 Å². The fourth-order valence-corrected chi connectivity index (χ4v) is 3.73. The summed E-state index contributed by atoms with van der Waals surface area (Å²) in [5.74, 6) is 1.55. The number of nitrogens with zero attached hydrogens (tertiary/aromatic N) is 4. The highest BCUT2D eigenvalue weighted by molar-refractivity contribution is 5.95. The van der Waals surface area contributed by atoms with Crippen LogP contribution in [0.15, 0.2) is 72.8 Å². The Kier molecular flexibility index (Phi) is 7.21. The monoisotopic (exact) mass is 499 g/mol. The number of nitrogens with one attached hydrogen (secondary N) is 3. The molecule has 0 unspecified atom stereocenters. The molecule has 0 fully saturated rings. The highest BCUT2D eigenvalue weighted by Gasteiger charge is 2.12. The van der Waals surface area contributed by atoms with E-state index in [1.54, 1.807) is 24.3 Å². The first-order valence-electron chi connectivity index (χ1n) is 11.8. The van der Waals surface area contributed by atoms with Crippen LogP contribution in [-0.4, -0.2) is 51.9 Å². The number of amides is 3. The lowest BCUT2D eigenvalue weighted by atomic mass is 10.1. The molecule has 1 aliphatic rings. The number of fused-ring (bicyclic) bond motifs is 1. The van der Waals surface area contributed by atoms with Crippen LogP contribution >= 0.6 is 0 Å². The van der Waals surface area contributed by atoms with Crippen molar-refractivity contribution in [3.8, 4) is 22.9 Å². The molecule has 11 nitrogen and oxygen atoms in total. The topological polar surface area (TPSA) is 132 Å². The minimum Gasteiger partial charge on any atom is -0.486 e. The number of carbonyl (C=O) groups excluding carboxylic acids is 2. The molecular formula is C26H25N7O4. The number of tetrazole rings is 1. The van der Waals surface area contributed by atoms with Gasteiger partial charge in [0.2, 0.25) is 5.82 Å². The first-order valence-corrected chi connectivity index (χ1v) is 11.8. The summed E-state index contributed by atoms with van der Waals surface area (Å²) in [6.45, 7) is 1.86. The highest BCUT2D eigenvalue weighted by atomic mass is 16.6. The predicted molar refractivity (Wildman–Crippen MR) is 134 cm³/mol. The quantitative estimate of drug-likeness (QED) is 0.333. The number of urea groups is 1. The summed E-state index contributed by atoms with van der Waals surface area (Å²) in [5, 5.41) is 15.3. The summed E-state index contributed by atoms with van der Waals surface area (Å²) in [6, 6.07) is 21.7. The second-order valence-electron chi connectivity index (χ2n) is 8.27. The van der Waals surface area contributed by atoms with Crippen molar-refractivity contribution in [1.82, 2.24) is 36.4 Å². The van der Waals surface area contributed by atoms with E-state index in [9.17, 15) is 9.59 Å². The summed E-state index contributed by atoms with van der Waals surface area (Å²) in [5.41, 5.74) is 7.96. The highest BCUT2D eigenvalue weighted by Crippen LogP contribution is 2.30. The van der Waals surface area contributed by atoms with Gasteiger partial charge in [0.05, 0.1) is 6.54 Å². The van der Waals surface area contributed by atoms with Crippen LogP contribution < -0.4 is 25.6 Å². The number of aromatic nitrogens is 4. The van der Waals surface area contributed by atoms with E-state index in [2.05, 4.69) is 31.6 Å². The maximum Gasteiger partial charge on any atom is 0.333 e. The van der Waals surface area contributed by atoms with Gasteiger partial charge in [-0.25, -0.2) is 10.2 Å². The molecule has 3 amide bonds. The number of benzene rings is 3. The molecular weight excluding hydrogens is 474 g/mol. The molecule has 5 rings (SSSR count). The van der Waals surface area contributed by atoms with Crippen molar-refractivity contribution in [3.63, 3.8) is 0 Å². The van der Waals surface area contributed by atoms with E-state index >= 15 is 0 Å². The predicted octanol–water partition coefficient (Wildman–Crippen LogP) is 2.35. The second kappa shape index (κ2) is 11.2. The third kappa shape index (κ3) is 6.20. The molecule has 0 bridgehead atoms. The number of hydrogen-bond donors (Lipinski definition) is 3. The van der Waals surface area contributed by atoms with Crippen molar-refractivity contribution in [3.05, 3.63) is 89.5 Å². The van der Waals surface area contributed by atoms with Crippen LogP contribution in [0.1, 0.15) is 21.5 Å². The van der Waals surface area contributed by atoms with Crippen molar-refractivity contribution in [2.45, 2.75) is 13.0 Å². The summed E-state index contributed by atoms with van der Waals surface area (Å²) in [6.07, 6.45) is 0.604. The number of carbonyl (C=O) groups is 2. The molecule has 2 heterocycles. The van der Waals surface area contributed by atoms with Gasteiger partial charge < -0.3 is 14.8 Å². The van der Waals surface area contributed by atoms with Crippen LogP contribution in [0.2, 0.25) is 0 Å². The lowest BCUT2D eigenvalue weighted by molar-refractivity contribution is 0.0936. The van der Waals surface area contributed by atoms with Crippen molar-refractivity contribution in [2.24, 2.45) is 0 Å². The van der Waals surface area contributed by atoms with E-state index in [0.29, 0.717) is 49.9 Å². The van der Waals surface area contributed by atoms with Gasteiger partial charge in [-0.15, -0.1) is 10.2 Å². The zero-order valence-electron chi connectivity index (χ0n) is 19.9. The minimum absolute atomic E-state index is 0.387. The molecule has 0 saturated heterocycles. The molecule has 3 aromatic carbocycles. The Hall–Kier alpha value is -4.93. The van der Waals surface area contributed by atoms with Crippen molar-refractivity contribution >= 4 is 11.9 Å². The van der Waals surface area contributed by atoms with Crippen molar-refractivity contribution in [2.75, 3.05) is 19.8 Å². The average Bonchev–Trinajstić information content (AvgIpc) is 3.41. The molecule has 4 aromatic rings. The number of rotatable bonds is 7. The molecule has 0 atom stereocenters.